The number of unbranched alkanes of at least 4 members (excludes halogenated alkanes) is 14. The fourth-order valence-electron chi connectivity index (χ4n) is 11.6. The zero-order valence-electron chi connectivity index (χ0n) is 30.7. The summed E-state index contributed by atoms with van der Waals surface area (Å²) in [6.07, 6.45) is 40.8. The second-order valence-electron chi connectivity index (χ2n) is 17.6. The predicted octanol–water partition coefficient (Wildman–Crippen LogP) is 13.6. The SMILES string of the molecule is CCCCCCCCCCCCCCCCCC(C)CCCC(C)[C@H]1CC[C@H]2[C@@H]3CC=C4C[C@@H](O)CC[C@]4(C)[C@H]3CC[C@]12C. The molecule has 0 heterocycles. The Balaban J connectivity index is 1.04. The van der Waals surface area contributed by atoms with E-state index < -0.39 is 0 Å². The Kier molecular flexibility index (Phi) is 15.2. The highest BCUT2D eigenvalue weighted by Gasteiger charge is 2.59. The molecule has 2 unspecified atom stereocenters. The fourth-order valence-corrected chi connectivity index (χ4v) is 11.6. The van der Waals surface area contributed by atoms with Crippen molar-refractivity contribution in [3.8, 4) is 0 Å². The lowest BCUT2D eigenvalue weighted by Crippen LogP contribution is -2.50. The molecule has 4 aliphatic carbocycles. The zero-order valence-corrected chi connectivity index (χ0v) is 30.7. The Hall–Kier alpha value is -0.300. The first-order valence-electron chi connectivity index (χ1n) is 20.7. The monoisotopic (exact) mass is 611 g/mol. The average molecular weight is 611 g/mol. The van der Waals surface area contributed by atoms with E-state index in [1.807, 2.05) is 0 Å². The van der Waals surface area contributed by atoms with Crippen molar-refractivity contribution in [1.29, 1.82) is 0 Å². The van der Waals surface area contributed by atoms with E-state index in [-0.39, 0.29) is 6.10 Å². The zero-order chi connectivity index (χ0) is 31.4. The molecule has 9 atom stereocenters. The number of rotatable bonds is 21. The number of aliphatic hydroxyl groups is 1. The van der Waals surface area contributed by atoms with E-state index in [0.717, 1.165) is 48.3 Å². The first-order chi connectivity index (χ1) is 21.3. The van der Waals surface area contributed by atoms with Gasteiger partial charge in [0.1, 0.15) is 0 Å². The normalized spacial score (nSPS) is 34.6. The highest BCUT2D eigenvalue weighted by atomic mass is 16.3. The van der Waals surface area contributed by atoms with Crippen LogP contribution in [0, 0.1) is 46.3 Å². The van der Waals surface area contributed by atoms with Crippen LogP contribution in [0.1, 0.15) is 208 Å². The molecule has 4 rings (SSSR count). The third-order valence-corrected chi connectivity index (χ3v) is 14.5. The summed E-state index contributed by atoms with van der Waals surface area (Å²) >= 11 is 0. The third-order valence-electron chi connectivity index (χ3n) is 14.5. The van der Waals surface area contributed by atoms with Gasteiger partial charge in [0, 0.05) is 0 Å². The molecule has 3 saturated carbocycles. The fraction of sp³-hybridized carbons (Fsp3) is 0.953. The van der Waals surface area contributed by atoms with Gasteiger partial charge >= 0.3 is 0 Å². The molecule has 0 spiro atoms. The molecule has 0 bridgehead atoms. The van der Waals surface area contributed by atoms with Crippen molar-refractivity contribution in [1.82, 2.24) is 0 Å². The van der Waals surface area contributed by atoms with Gasteiger partial charge in [0.2, 0.25) is 0 Å². The maximum Gasteiger partial charge on any atom is 0.0577 e. The van der Waals surface area contributed by atoms with Crippen LogP contribution in [0.4, 0.5) is 0 Å². The first-order valence-corrected chi connectivity index (χ1v) is 20.7. The standard InChI is InChI=1S/C43H78O/c1-6-7-8-9-10-11-12-13-14-15-16-17-18-19-20-22-34(2)23-21-24-35(3)39-27-28-40-38-26-25-36-33-37(44)29-31-42(36,4)41(38)30-32-43(39,40)5/h25,34-35,37-41,44H,6-24,26-33H2,1-5H3/t34?,35?,37-,38-,39+,40-,41-,42-,43+/m0/s1. The quantitative estimate of drug-likeness (QED) is 0.101. The summed E-state index contributed by atoms with van der Waals surface area (Å²) in [4.78, 5) is 0. The second-order valence-corrected chi connectivity index (χ2v) is 17.6. The van der Waals surface area contributed by atoms with Crippen LogP contribution >= 0.6 is 0 Å². The van der Waals surface area contributed by atoms with Crippen LogP contribution in [-0.2, 0) is 0 Å². The Morgan fingerprint density at radius 3 is 1.91 bits per heavy atom. The van der Waals surface area contributed by atoms with E-state index >= 15 is 0 Å². The van der Waals surface area contributed by atoms with Gasteiger partial charge in [-0.3, -0.25) is 0 Å². The summed E-state index contributed by atoms with van der Waals surface area (Å²) in [5.74, 6) is 5.50. The van der Waals surface area contributed by atoms with Crippen LogP contribution < -0.4 is 0 Å². The molecule has 4 aliphatic rings. The minimum Gasteiger partial charge on any atom is -0.393 e. The van der Waals surface area contributed by atoms with Crippen molar-refractivity contribution >= 4 is 0 Å². The van der Waals surface area contributed by atoms with Gasteiger partial charge in [-0.1, -0.05) is 168 Å². The van der Waals surface area contributed by atoms with Gasteiger partial charge in [-0.05, 0) is 97.7 Å². The molecule has 3 fully saturated rings. The minimum atomic E-state index is -0.0803. The summed E-state index contributed by atoms with van der Waals surface area (Å²) in [6, 6.07) is 0. The van der Waals surface area contributed by atoms with Gasteiger partial charge in [0.05, 0.1) is 6.10 Å². The maximum atomic E-state index is 10.3. The molecule has 1 N–H and O–H groups in total. The number of hydrogen-bond donors (Lipinski definition) is 1. The van der Waals surface area contributed by atoms with Crippen molar-refractivity contribution in [3.05, 3.63) is 11.6 Å². The molecule has 44 heavy (non-hydrogen) atoms. The van der Waals surface area contributed by atoms with Crippen molar-refractivity contribution in [2.24, 2.45) is 46.3 Å². The molecule has 0 aromatic heterocycles. The van der Waals surface area contributed by atoms with Gasteiger partial charge in [-0.25, -0.2) is 0 Å². The summed E-state index contributed by atoms with van der Waals surface area (Å²) < 4.78 is 0. The predicted molar refractivity (Wildman–Crippen MR) is 193 cm³/mol. The highest BCUT2D eigenvalue weighted by molar-refractivity contribution is 5.25. The number of hydrogen-bond acceptors (Lipinski definition) is 1. The molecule has 0 amide bonds. The lowest BCUT2D eigenvalue weighted by molar-refractivity contribution is -0.0573. The molecule has 0 aliphatic heterocycles. The summed E-state index contributed by atoms with van der Waals surface area (Å²) in [5.41, 5.74) is 2.59. The molecule has 1 heteroatoms. The largest absolute Gasteiger partial charge is 0.393 e. The molecule has 0 aromatic rings. The summed E-state index contributed by atoms with van der Waals surface area (Å²) in [7, 11) is 0. The topological polar surface area (TPSA) is 20.2 Å². The Labute approximate surface area is 276 Å². The average Bonchev–Trinajstić information content (AvgIpc) is 3.36. The third kappa shape index (κ3) is 9.63. The Morgan fingerprint density at radius 2 is 1.27 bits per heavy atom. The molecule has 0 radical (unpaired) electrons. The lowest BCUT2D eigenvalue weighted by Gasteiger charge is -2.58. The van der Waals surface area contributed by atoms with Gasteiger partial charge in [-0.15, -0.1) is 0 Å². The number of allylic oxidation sites excluding steroid dienone is 1. The van der Waals surface area contributed by atoms with Crippen LogP contribution in [0.3, 0.4) is 0 Å². The van der Waals surface area contributed by atoms with Gasteiger partial charge < -0.3 is 5.11 Å². The van der Waals surface area contributed by atoms with Crippen molar-refractivity contribution in [2.45, 2.75) is 214 Å². The van der Waals surface area contributed by atoms with E-state index in [9.17, 15) is 5.11 Å². The van der Waals surface area contributed by atoms with Crippen molar-refractivity contribution in [3.63, 3.8) is 0 Å². The van der Waals surface area contributed by atoms with Gasteiger partial charge in [-0.2, -0.15) is 0 Å². The molecular formula is C43H78O. The van der Waals surface area contributed by atoms with E-state index in [1.165, 1.54) is 161 Å². The molecule has 0 aromatic carbocycles. The smallest absolute Gasteiger partial charge is 0.0577 e. The van der Waals surface area contributed by atoms with E-state index in [4.69, 9.17) is 0 Å². The van der Waals surface area contributed by atoms with E-state index in [2.05, 4.69) is 40.7 Å². The Bertz CT molecular complexity index is 829. The van der Waals surface area contributed by atoms with Crippen LogP contribution in [0.15, 0.2) is 11.6 Å². The number of aliphatic hydroxyl groups excluding tert-OH is 1. The highest BCUT2D eigenvalue weighted by Crippen LogP contribution is 2.67. The molecule has 256 valence electrons. The maximum absolute atomic E-state index is 10.3. The van der Waals surface area contributed by atoms with Crippen LogP contribution in [0.5, 0.6) is 0 Å². The van der Waals surface area contributed by atoms with E-state index in [0.29, 0.717) is 10.8 Å². The second kappa shape index (κ2) is 18.3. The van der Waals surface area contributed by atoms with Crippen LogP contribution in [-0.4, -0.2) is 11.2 Å². The summed E-state index contributed by atoms with van der Waals surface area (Å²) in [6.45, 7) is 12.8. The van der Waals surface area contributed by atoms with Gasteiger partial charge in [0.15, 0.2) is 0 Å². The first kappa shape index (κ1) is 36.5. The van der Waals surface area contributed by atoms with E-state index in [1.54, 1.807) is 5.57 Å². The molecule has 0 saturated heterocycles. The Morgan fingerprint density at radius 1 is 0.682 bits per heavy atom. The van der Waals surface area contributed by atoms with Crippen LogP contribution in [0.25, 0.3) is 0 Å². The summed E-state index contributed by atoms with van der Waals surface area (Å²) in [5, 5.41) is 10.3. The molecular weight excluding hydrogens is 532 g/mol. The van der Waals surface area contributed by atoms with Crippen LogP contribution in [0.2, 0.25) is 0 Å². The van der Waals surface area contributed by atoms with Crippen molar-refractivity contribution in [2.75, 3.05) is 0 Å². The number of fused-ring (bicyclic) bond motifs is 5. The lowest BCUT2D eigenvalue weighted by atomic mass is 9.47. The van der Waals surface area contributed by atoms with Gasteiger partial charge in [0.25, 0.3) is 0 Å². The minimum absolute atomic E-state index is 0.0803. The van der Waals surface area contributed by atoms with Crippen molar-refractivity contribution < 1.29 is 5.11 Å². The molecule has 1 nitrogen and oxygen atoms in total.